The Morgan fingerprint density at radius 3 is 2.53 bits per heavy atom. The Morgan fingerprint density at radius 2 is 1.94 bits per heavy atom. The summed E-state index contributed by atoms with van der Waals surface area (Å²) in [6, 6.07) is 9.62. The smallest absolute Gasteiger partial charge is 0.269 e. The third-order valence-corrected chi connectivity index (χ3v) is 2.38. The first kappa shape index (κ1) is 11.2. The second-order valence-corrected chi connectivity index (χ2v) is 3.51. The van der Waals surface area contributed by atoms with E-state index in [-0.39, 0.29) is 12.3 Å². The SMILES string of the molecule is O=[N+]([O-])c1ccc(-c2cc(CO)ccn2)cc1. The van der Waals surface area contributed by atoms with Crippen LogP contribution < -0.4 is 0 Å². The molecule has 17 heavy (non-hydrogen) atoms. The summed E-state index contributed by atoms with van der Waals surface area (Å²) in [6.45, 7) is -0.0531. The molecule has 1 heterocycles. The summed E-state index contributed by atoms with van der Waals surface area (Å²) in [5.41, 5.74) is 2.28. The molecule has 0 aliphatic carbocycles. The van der Waals surface area contributed by atoms with Gasteiger partial charge >= 0.3 is 0 Å². The fraction of sp³-hybridized carbons (Fsp3) is 0.0833. The summed E-state index contributed by atoms with van der Waals surface area (Å²) in [4.78, 5) is 14.2. The Morgan fingerprint density at radius 1 is 1.24 bits per heavy atom. The molecule has 1 aromatic heterocycles. The average Bonchev–Trinajstić information content (AvgIpc) is 2.39. The maximum atomic E-state index is 10.5. The van der Waals surface area contributed by atoms with Gasteiger partial charge in [0.2, 0.25) is 0 Å². The largest absolute Gasteiger partial charge is 0.392 e. The maximum Gasteiger partial charge on any atom is 0.269 e. The van der Waals surface area contributed by atoms with Gasteiger partial charge in [-0.1, -0.05) is 0 Å². The highest BCUT2D eigenvalue weighted by molar-refractivity contribution is 5.61. The van der Waals surface area contributed by atoms with Crippen LogP contribution in [-0.4, -0.2) is 15.0 Å². The van der Waals surface area contributed by atoms with E-state index >= 15 is 0 Å². The third kappa shape index (κ3) is 2.46. The van der Waals surface area contributed by atoms with E-state index in [9.17, 15) is 10.1 Å². The molecule has 0 atom stereocenters. The van der Waals surface area contributed by atoms with Gasteiger partial charge in [0, 0.05) is 23.9 Å². The van der Waals surface area contributed by atoms with E-state index in [1.165, 1.54) is 12.1 Å². The lowest BCUT2D eigenvalue weighted by Crippen LogP contribution is -1.90. The van der Waals surface area contributed by atoms with Crippen molar-refractivity contribution in [3.63, 3.8) is 0 Å². The molecular formula is C12H10N2O3. The van der Waals surface area contributed by atoms with Crippen molar-refractivity contribution < 1.29 is 10.0 Å². The monoisotopic (exact) mass is 230 g/mol. The van der Waals surface area contributed by atoms with Crippen LogP contribution >= 0.6 is 0 Å². The number of nitro groups is 1. The molecule has 2 rings (SSSR count). The molecule has 0 saturated heterocycles. The Kier molecular flexibility index (Phi) is 3.11. The number of hydrogen-bond donors (Lipinski definition) is 1. The van der Waals surface area contributed by atoms with E-state index in [1.807, 2.05) is 0 Å². The van der Waals surface area contributed by atoms with E-state index in [0.717, 1.165) is 11.1 Å². The molecule has 5 nitrogen and oxygen atoms in total. The number of nitrogens with zero attached hydrogens (tertiary/aromatic N) is 2. The molecule has 5 heteroatoms. The zero-order valence-electron chi connectivity index (χ0n) is 8.91. The van der Waals surface area contributed by atoms with Crippen LogP contribution in [-0.2, 0) is 6.61 Å². The standard InChI is InChI=1S/C12H10N2O3/c15-8-9-5-6-13-12(7-9)10-1-3-11(4-2-10)14(16)17/h1-7,15H,8H2. The highest BCUT2D eigenvalue weighted by atomic mass is 16.6. The van der Waals surface area contributed by atoms with E-state index in [4.69, 9.17) is 5.11 Å². The average molecular weight is 230 g/mol. The van der Waals surface area contributed by atoms with Crippen LogP contribution in [0.25, 0.3) is 11.3 Å². The second kappa shape index (κ2) is 4.71. The van der Waals surface area contributed by atoms with Gasteiger partial charge in [0.1, 0.15) is 0 Å². The lowest BCUT2D eigenvalue weighted by atomic mass is 10.1. The molecule has 0 aliphatic heterocycles. The lowest BCUT2D eigenvalue weighted by Gasteiger charge is -2.02. The first-order chi connectivity index (χ1) is 8.20. The molecule has 0 unspecified atom stereocenters. The van der Waals surface area contributed by atoms with Gasteiger partial charge in [0.05, 0.1) is 17.2 Å². The van der Waals surface area contributed by atoms with Crippen molar-refractivity contribution in [1.29, 1.82) is 0 Å². The Labute approximate surface area is 97.5 Å². The number of aromatic nitrogens is 1. The van der Waals surface area contributed by atoms with E-state index in [2.05, 4.69) is 4.98 Å². The van der Waals surface area contributed by atoms with Crippen molar-refractivity contribution in [3.8, 4) is 11.3 Å². The van der Waals surface area contributed by atoms with Gasteiger partial charge in [0.25, 0.3) is 5.69 Å². The van der Waals surface area contributed by atoms with Crippen LogP contribution in [0.15, 0.2) is 42.6 Å². The van der Waals surface area contributed by atoms with Crippen LogP contribution in [0.4, 0.5) is 5.69 Å². The summed E-state index contributed by atoms with van der Waals surface area (Å²) in [6.07, 6.45) is 1.60. The number of aliphatic hydroxyl groups excluding tert-OH is 1. The number of pyridine rings is 1. The molecule has 0 amide bonds. The summed E-state index contributed by atoms with van der Waals surface area (Å²) >= 11 is 0. The Hall–Kier alpha value is -2.27. The fourth-order valence-corrected chi connectivity index (χ4v) is 1.48. The predicted octanol–water partition coefficient (Wildman–Crippen LogP) is 2.15. The number of non-ortho nitro benzene ring substituents is 1. The van der Waals surface area contributed by atoms with Crippen LogP contribution in [0, 0.1) is 10.1 Å². The predicted molar refractivity (Wildman–Crippen MR) is 62.3 cm³/mol. The Bertz CT molecular complexity index is 538. The van der Waals surface area contributed by atoms with Crippen molar-refractivity contribution in [2.75, 3.05) is 0 Å². The van der Waals surface area contributed by atoms with Gasteiger partial charge in [0.15, 0.2) is 0 Å². The minimum Gasteiger partial charge on any atom is -0.392 e. The van der Waals surface area contributed by atoms with Gasteiger partial charge in [-0.15, -0.1) is 0 Å². The number of nitro benzene ring substituents is 1. The lowest BCUT2D eigenvalue weighted by molar-refractivity contribution is -0.384. The van der Waals surface area contributed by atoms with Gasteiger partial charge in [-0.25, -0.2) is 0 Å². The highest BCUT2D eigenvalue weighted by Gasteiger charge is 2.06. The molecular weight excluding hydrogens is 220 g/mol. The molecule has 0 radical (unpaired) electrons. The summed E-state index contributed by atoms with van der Waals surface area (Å²) in [5.74, 6) is 0. The maximum absolute atomic E-state index is 10.5. The van der Waals surface area contributed by atoms with Gasteiger partial charge in [-0.05, 0) is 29.8 Å². The van der Waals surface area contributed by atoms with Crippen molar-refractivity contribution >= 4 is 5.69 Å². The molecule has 0 aliphatic rings. The van der Waals surface area contributed by atoms with Crippen LogP contribution in [0.5, 0.6) is 0 Å². The number of aliphatic hydroxyl groups is 1. The summed E-state index contributed by atoms with van der Waals surface area (Å²) in [5, 5.41) is 19.5. The highest BCUT2D eigenvalue weighted by Crippen LogP contribution is 2.21. The van der Waals surface area contributed by atoms with Gasteiger partial charge < -0.3 is 5.11 Å². The topological polar surface area (TPSA) is 76.3 Å². The molecule has 0 spiro atoms. The molecule has 2 aromatic rings. The summed E-state index contributed by atoms with van der Waals surface area (Å²) in [7, 11) is 0. The normalized spacial score (nSPS) is 10.2. The zero-order chi connectivity index (χ0) is 12.3. The van der Waals surface area contributed by atoms with E-state index in [1.54, 1.807) is 30.5 Å². The van der Waals surface area contributed by atoms with Crippen LogP contribution in [0.3, 0.4) is 0 Å². The number of rotatable bonds is 3. The third-order valence-electron chi connectivity index (χ3n) is 2.38. The number of hydrogen-bond acceptors (Lipinski definition) is 4. The Balaban J connectivity index is 2.36. The fourth-order valence-electron chi connectivity index (χ4n) is 1.48. The minimum absolute atomic E-state index is 0.0482. The van der Waals surface area contributed by atoms with Crippen LogP contribution in [0.1, 0.15) is 5.56 Å². The molecule has 1 aromatic carbocycles. The second-order valence-electron chi connectivity index (χ2n) is 3.51. The van der Waals surface area contributed by atoms with Crippen molar-refractivity contribution in [2.45, 2.75) is 6.61 Å². The molecule has 0 bridgehead atoms. The van der Waals surface area contributed by atoms with Gasteiger partial charge in [-0.2, -0.15) is 0 Å². The molecule has 1 N–H and O–H groups in total. The van der Waals surface area contributed by atoms with Crippen LogP contribution in [0.2, 0.25) is 0 Å². The van der Waals surface area contributed by atoms with E-state index < -0.39 is 4.92 Å². The number of benzene rings is 1. The van der Waals surface area contributed by atoms with Crippen molar-refractivity contribution in [3.05, 3.63) is 58.3 Å². The summed E-state index contributed by atoms with van der Waals surface area (Å²) < 4.78 is 0. The zero-order valence-corrected chi connectivity index (χ0v) is 8.91. The molecule has 0 saturated carbocycles. The molecule has 0 fully saturated rings. The van der Waals surface area contributed by atoms with Gasteiger partial charge in [-0.3, -0.25) is 15.1 Å². The van der Waals surface area contributed by atoms with Crippen molar-refractivity contribution in [1.82, 2.24) is 4.98 Å². The first-order valence-electron chi connectivity index (χ1n) is 5.01. The first-order valence-corrected chi connectivity index (χ1v) is 5.01. The van der Waals surface area contributed by atoms with E-state index in [0.29, 0.717) is 5.69 Å². The van der Waals surface area contributed by atoms with Crippen molar-refractivity contribution in [2.24, 2.45) is 0 Å². The quantitative estimate of drug-likeness (QED) is 0.647. The minimum atomic E-state index is -0.443. The molecule has 86 valence electrons.